The van der Waals surface area contributed by atoms with Crippen LogP contribution in [0, 0.1) is 6.92 Å². The number of hydrogen-bond donors (Lipinski definition) is 1. The molecule has 0 saturated heterocycles. The molecule has 0 unspecified atom stereocenters. The van der Waals surface area contributed by atoms with E-state index in [2.05, 4.69) is 10.5 Å². The molecule has 1 aromatic carbocycles. The highest BCUT2D eigenvalue weighted by Crippen LogP contribution is 2.29. The van der Waals surface area contributed by atoms with Crippen LogP contribution in [0.3, 0.4) is 0 Å². The van der Waals surface area contributed by atoms with Gasteiger partial charge in [-0.15, -0.1) is 11.3 Å². The monoisotopic (exact) mass is 342 g/mol. The predicted octanol–water partition coefficient (Wildman–Crippen LogP) is 3.69. The van der Waals surface area contributed by atoms with Crippen molar-refractivity contribution in [2.45, 2.75) is 13.3 Å². The van der Waals surface area contributed by atoms with Crippen LogP contribution in [0.5, 0.6) is 5.75 Å². The van der Waals surface area contributed by atoms with Crippen LogP contribution in [0.4, 0.5) is 0 Å². The summed E-state index contributed by atoms with van der Waals surface area (Å²) in [6, 6.07) is 11.6. The largest absolute Gasteiger partial charge is 0.497 e. The van der Waals surface area contributed by atoms with E-state index in [1.165, 1.54) is 11.3 Å². The van der Waals surface area contributed by atoms with Gasteiger partial charge in [-0.05, 0) is 42.5 Å². The second kappa shape index (κ2) is 7.31. The quantitative estimate of drug-likeness (QED) is 0.742. The zero-order valence-electron chi connectivity index (χ0n) is 13.5. The number of thiophene rings is 1. The second-order valence-corrected chi connectivity index (χ2v) is 6.25. The maximum Gasteiger partial charge on any atom is 0.257 e. The fraction of sp³-hybridized carbons (Fsp3) is 0.222. The number of carbonyl (C=O) groups is 1. The Labute approximate surface area is 144 Å². The van der Waals surface area contributed by atoms with Gasteiger partial charge in [0.15, 0.2) is 5.76 Å². The first-order chi connectivity index (χ1) is 11.7. The summed E-state index contributed by atoms with van der Waals surface area (Å²) < 4.78 is 10.5. The summed E-state index contributed by atoms with van der Waals surface area (Å²) in [5.74, 6) is 1.18. The van der Waals surface area contributed by atoms with Gasteiger partial charge in [0.2, 0.25) is 0 Å². The maximum atomic E-state index is 12.5. The number of ether oxygens (including phenoxy) is 1. The SMILES string of the molecule is COc1cccc(CCNC(=O)c2c(C)noc2-c2cccs2)c1. The first kappa shape index (κ1) is 16.3. The van der Waals surface area contributed by atoms with Gasteiger partial charge in [-0.25, -0.2) is 0 Å². The third-order valence-corrected chi connectivity index (χ3v) is 4.54. The molecule has 5 nitrogen and oxygen atoms in total. The standard InChI is InChI=1S/C18H18N2O3S/c1-12-16(17(23-20-12)15-7-4-10-24-15)18(21)19-9-8-13-5-3-6-14(11-13)22-2/h3-7,10-11H,8-9H2,1-2H3,(H,19,21). The molecular formula is C18H18N2O3S. The summed E-state index contributed by atoms with van der Waals surface area (Å²) in [5.41, 5.74) is 2.20. The Bertz CT molecular complexity index is 825. The Kier molecular flexibility index (Phi) is 4.96. The number of benzene rings is 1. The smallest absolute Gasteiger partial charge is 0.257 e. The van der Waals surface area contributed by atoms with Gasteiger partial charge in [-0.1, -0.05) is 23.4 Å². The molecule has 1 amide bonds. The zero-order chi connectivity index (χ0) is 16.9. The van der Waals surface area contributed by atoms with Crippen LogP contribution in [0.15, 0.2) is 46.3 Å². The summed E-state index contributed by atoms with van der Waals surface area (Å²) >= 11 is 1.52. The van der Waals surface area contributed by atoms with Gasteiger partial charge < -0.3 is 14.6 Å². The number of amides is 1. The first-order valence-electron chi connectivity index (χ1n) is 7.60. The fourth-order valence-corrected chi connectivity index (χ4v) is 3.16. The van der Waals surface area contributed by atoms with E-state index >= 15 is 0 Å². The molecule has 0 aliphatic rings. The molecule has 1 N–H and O–H groups in total. The summed E-state index contributed by atoms with van der Waals surface area (Å²) in [6.45, 7) is 2.30. The summed E-state index contributed by atoms with van der Waals surface area (Å²) in [5, 5.41) is 8.82. The van der Waals surface area contributed by atoms with Crippen LogP contribution in [-0.2, 0) is 6.42 Å². The van der Waals surface area contributed by atoms with E-state index in [4.69, 9.17) is 9.26 Å². The molecule has 0 aliphatic carbocycles. The molecular weight excluding hydrogens is 324 g/mol. The molecule has 24 heavy (non-hydrogen) atoms. The van der Waals surface area contributed by atoms with Crippen molar-refractivity contribution in [3.63, 3.8) is 0 Å². The Morgan fingerprint density at radius 3 is 2.96 bits per heavy atom. The average molecular weight is 342 g/mol. The van der Waals surface area contributed by atoms with Crippen molar-refractivity contribution >= 4 is 17.2 Å². The highest BCUT2D eigenvalue weighted by atomic mass is 32.1. The van der Waals surface area contributed by atoms with Crippen LogP contribution in [-0.4, -0.2) is 24.7 Å². The molecule has 124 valence electrons. The molecule has 0 fully saturated rings. The van der Waals surface area contributed by atoms with E-state index < -0.39 is 0 Å². The summed E-state index contributed by atoms with van der Waals surface area (Å²) in [6.07, 6.45) is 0.724. The summed E-state index contributed by atoms with van der Waals surface area (Å²) in [4.78, 5) is 13.4. The second-order valence-electron chi connectivity index (χ2n) is 5.31. The Hall–Kier alpha value is -2.60. The van der Waals surface area contributed by atoms with E-state index in [1.54, 1.807) is 14.0 Å². The Balaban J connectivity index is 1.66. The van der Waals surface area contributed by atoms with E-state index in [-0.39, 0.29) is 5.91 Å². The van der Waals surface area contributed by atoms with Gasteiger partial charge in [0.25, 0.3) is 5.91 Å². The topological polar surface area (TPSA) is 64.4 Å². The van der Waals surface area contributed by atoms with Crippen LogP contribution in [0.25, 0.3) is 10.6 Å². The third-order valence-electron chi connectivity index (χ3n) is 3.67. The number of methoxy groups -OCH3 is 1. The predicted molar refractivity (Wildman–Crippen MR) is 93.6 cm³/mol. The molecule has 0 radical (unpaired) electrons. The van der Waals surface area contributed by atoms with Crippen molar-refractivity contribution in [1.82, 2.24) is 10.5 Å². The van der Waals surface area contributed by atoms with Crippen LogP contribution < -0.4 is 10.1 Å². The van der Waals surface area contributed by atoms with Crippen molar-refractivity contribution in [2.24, 2.45) is 0 Å². The maximum absolute atomic E-state index is 12.5. The minimum absolute atomic E-state index is 0.167. The van der Waals surface area contributed by atoms with Gasteiger partial charge >= 0.3 is 0 Å². The van der Waals surface area contributed by atoms with Crippen LogP contribution in [0.1, 0.15) is 21.6 Å². The third kappa shape index (κ3) is 3.49. The first-order valence-corrected chi connectivity index (χ1v) is 8.48. The lowest BCUT2D eigenvalue weighted by Crippen LogP contribution is -2.26. The molecule has 3 aromatic rings. The molecule has 2 aromatic heterocycles. The van der Waals surface area contributed by atoms with Crippen LogP contribution >= 0.6 is 11.3 Å². The number of rotatable bonds is 6. The molecule has 0 saturated carbocycles. The molecule has 0 spiro atoms. The number of aromatic nitrogens is 1. The normalized spacial score (nSPS) is 10.6. The lowest BCUT2D eigenvalue weighted by molar-refractivity contribution is 0.0954. The van der Waals surface area contributed by atoms with Crippen molar-refractivity contribution in [3.8, 4) is 16.4 Å². The molecule has 6 heteroatoms. The Morgan fingerprint density at radius 1 is 1.33 bits per heavy atom. The highest BCUT2D eigenvalue weighted by Gasteiger charge is 2.22. The molecule has 2 heterocycles. The van der Waals surface area contributed by atoms with E-state index in [1.807, 2.05) is 41.8 Å². The van der Waals surface area contributed by atoms with Crippen molar-refractivity contribution < 1.29 is 14.1 Å². The number of nitrogens with zero attached hydrogens (tertiary/aromatic N) is 1. The van der Waals surface area contributed by atoms with Crippen LogP contribution in [0.2, 0.25) is 0 Å². The number of carbonyl (C=O) groups excluding carboxylic acids is 1. The Morgan fingerprint density at radius 2 is 2.21 bits per heavy atom. The number of nitrogens with one attached hydrogen (secondary N) is 1. The van der Waals surface area contributed by atoms with Crippen molar-refractivity contribution in [1.29, 1.82) is 0 Å². The minimum Gasteiger partial charge on any atom is -0.497 e. The van der Waals surface area contributed by atoms with Gasteiger partial charge in [0.05, 0.1) is 17.7 Å². The average Bonchev–Trinajstić information content (AvgIpc) is 3.24. The van der Waals surface area contributed by atoms with Crippen molar-refractivity contribution in [2.75, 3.05) is 13.7 Å². The van der Waals surface area contributed by atoms with E-state index in [0.717, 1.165) is 22.6 Å². The molecule has 0 bridgehead atoms. The lowest BCUT2D eigenvalue weighted by atomic mass is 10.1. The number of aryl methyl sites for hydroxylation is 1. The van der Waals surface area contributed by atoms with Gasteiger partial charge in [-0.3, -0.25) is 4.79 Å². The lowest BCUT2D eigenvalue weighted by Gasteiger charge is -2.07. The zero-order valence-corrected chi connectivity index (χ0v) is 14.4. The van der Waals surface area contributed by atoms with E-state index in [0.29, 0.717) is 23.6 Å². The molecule has 3 rings (SSSR count). The minimum atomic E-state index is -0.167. The molecule has 0 atom stereocenters. The van der Waals surface area contributed by atoms with Gasteiger partial charge in [0.1, 0.15) is 11.3 Å². The molecule has 0 aliphatic heterocycles. The van der Waals surface area contributed by atoms with E-state index in [9.17, 15) is 4.79 Å². The summed E-state index contributed by atoms with van der Waals surface area (Å²) in [7, 11) is 1.64. The highest BCUT2D eigenvalue weighted by molar-refractivity contribution is 7.13. The fourth-order valence-electron chi connectivity index (χ4n) is 2.45. The van der Waals surface area contributed by atoms with Gasteiger partial charge in [-0.2, -0.15) is 0 Å². The van der Waals surface area contributed by atoms with Gasteiger partial charge in [0, 0.05) is 6.54 Å². The number of hydrogen-bond acceptors (Lipinski definition) is 5. The van der Waals surface area contributed by atoms with Crippen molar-refractivity contribution in [3.05, 3.63) is 58.6 Å².